The van der Waals surface area contributed by atoms with Gasteiger partial charge in [-0.1, -0.05) is 15.9 Å². The highest BCUT2D eigenvalue weighted by atomic mass is 79.9. The molecule has 6 heteroatoms. The van der Waals surface area contributed by atoms with Crippen molar-refractivity contribution in [3.05, 3.63) is 22.2 Å². The molecular formula is C15H22BrNO4. The van der Waals surface area contributed by atoms with Gasteiger partial charge in [0, 0.05) is 16.9 Å². The van der Waals surface area contributed by atoms with Crippen LogP contribution in [0, 0.1) is 0 Å². The third-order valence-electron chi connectivity index (χ3n) is 3.10. The molecule has 0 bridgehead atoms. The molecule has 1 aromatic carbocycles. The van der Waals surface area contributed by atoms with Gasteiger partial charge in [-0.3, -0.25) is 4.79 Å². The summed E-state index contributed by atoms with van der Waals surface area (Å²) in [5.74, 6) is 1.10. The first-order valence-corrected chi connectivity index (χ1v) is 7.65. The van der Waals surface area contributed by atoms with Crippen molar-refractivity contribution < 1.29 is 19.0 Å². The minimum atomic E-state index is -0.186. The Balaban J connectivity index is 2.69. The lowest BCUT2D eigenvalue weighted by Gasteiger charge is -2.17. The Morgan fingerprint density at radius 3 is 2.48 bits per heavy atom. The van der Waals surface area contributed by atoms with Gasteiger partial charge in [0.25, 0.3) is 0 Å². The van der Waals surface area contributed by atoms with E-state index >= 15 is 0 Å². The van der Waals surface area contributed by atoms with E-state index in [0.717, 1.165) is 10.0 Å². The molecule has 0 radical (unpaired) electrons. The maximum atomic E-state index is 11.3. The third-order valence-corrected chi connectivity index (χ3v) is 3.79. The van der Waals surface area contributed by atoms with E-state index in [-0.39, 0.29) is 12.0 Å². The molecule has 118 valence electrons. The molecule has 0 saturated carbocycles. The number of benzene rings is 1. The smallest absolute Gasteiger partial charge is 0.305 e. The summed E-state index contributed by atoms with van der Waals surface area (Å²) in [6.45, 7) is 2.20. The summed E-state index contributed by atoms with van der Waals surface area (Å²) in [5.41, 5.74) is 7.12. The predicted molar refractivity (Wildman–Crippen MR) is 84.7 cm³/mol. The van der Waals surface area contributed by atoms with Crippen LogP contribution in [0.5, 0.6) is 11.5 Å². The zero-order chi connectivity index (χ0) is 15.8. The molecule has 2 N–H and O–H groups in total. The van der Waals surface area contributed by atoms with Crippen molar-refractivity contribution in [2.75, 3.05) is 20.8 Å². The minimum Gasteiger partial charge on any atom is -0.493 e. The number of rotatable bonds is 8. The molecule has 0 saturated heterocycles. The Hall–Kier alpha value is -1.27. The van der Waals surface area contributed by atoms with E-state index in [4.69, 9.17) is 19.9 Å². The normalized spacial score (nSPS) is 11.9. The molecule has 1 atom stereocenters. The largest absolute Gasteiger partial charge is 0.493 e. The molecule has 1 rings (SSSR count). The molecule has 0 spiro atoms. The number of carbonyl (C=O) groups excluding carboxylic acids is 1. The highest BCUT2D eigenvalue weighted by Crippen LogP contribution is 2.36. The molecule has 0 heterocycles. The number of carbonyl (C=O) groups is 1. The van der Waals surface area contributed by atoms with Crippen LogP contribution in [-0.2, 0) is 9.53 Å². The van der Waals surface area contributed by atoms with E-state index in [1.807, 2.05) is 12.1 Å². The second-order valence-corrected chi connectivity index (χ2v) is 5.39. The lowest BCUT2D eigenvalue weighted by molar-refractivity contribution is -0.143. The van der Waals surface area contributed by atoms with Gasteiger partial charge in [0.2, 0.25) is 0 Å². The van der Waals surface area contributed by atoms with Crippen LogP contribution in [0.1, 0.15) is 37.8 Å². The molecule has 5 nitrogen and oxygen atoms in total. The number of hydrogen-bond acceptors (Lipinski definition) is 5. The van der Waals surface area contributed by atoms with Crippen molar-refractivity contribution >= 4 is 21.9 Å². The summed E-state index contributed by atoms with van der Waals surface area (Å²) in [6, 6.07) is 3.51. The molecule has 0 aliphatic heterocycles. The van der Waals surface area contributed by atoms with Crippen LogP contribution in [0.3, 0.4) is 0 Å². The molecular weight excluding hydrogens is 338 g/mol. The average molecular weight is 360 g/mol. The fourth-order valence-corrected chi connectivity index (χ4v) is 2.63. The number of esters is 1. The average Bonchev–Trinajstić information content (AvgIpc) is 2.46. The zero-order valence-corrected chi connectivity index (χ0v) is 14.2. The van der Waals surface area contributed by atoms with Crippen LogP contribution in [0.4, 0.5) is 0 Å². The number of methoxy groups -OCH3 is 2. The first-order chi connectivity index (χ1) is 10.0. The summed E-state index contributed by atoms with van der Waals surface area (Å²) in [6.07, 6.45) is 1.75. The van der Waals surface area contributed by atoms with Crippen LogP contribution in [0.15, 0.2) is 16.6 Å². The van der Waals surface area contributed by atoms with E-state index in [9.17, 15) is 4.79 Å². The van der Waals surface area contributed by atoms with E-state index in [0.29, 0.717) is 37.4 Å². The van der Waals surface area contributed by atoms with Crippen molar-refractivity contribution in [1.29, 1.82) is 0 Å². The number of hydrogen-bond donors (Lipinski definition) is 1. The van der Waals surface area contributed by atoms with E-state index in [2.05, 4.69) is 15.9 Å². The van der Waals surface area contributed by atoms with Crippen LogP contribution < -0.4 is 15.2 Å². The molecule has 0 fully saturated rings. The fraction of sp³-hybridized carbons (Fsp3) is 0.533. The molecule has 21 heavy (non-hydrogen) atoms. The fourth-order valence-electron chi connectivity index (χ4n) is 2.01. The molecule has 0 amide bonds. The summed E-state index contributed by atoms with van der Waals surface area (Å²) < 4.78 is 16.3. The van der Waals surface area contributed by atoms with E-state index < -0.39 is 0 Å². The monoisotopic (exact) mass is 359 g/mol. The lowest BCUT2D eigenvalue weighted by Crippen LogP contribution is -2.12. The van der Waals surface area contributed by atoms with Gasteiger partial charge in [0.15, 0.2) is 11.5 Å². The van der Waals surface area contributed by atoms with Gasteiger partial charge in [-0.05, 0) is 37.5 Å². The van der Waals surface area contributed by atoms with Crippen LogP contribution in [0.25, 0.3) is 0 Å². The van der Waals surface area contributed by atoms with Gasteiger partial charge >= 0.3 is 5.97 Å². The SMILES string of the molecule is CCOC(=O)CCCC(N)c1cc(OC)c(OC)cc1Br. The summed E-state index contributed by atoms with van der Waals surface area (Å²) in [7, 11) is 3.17. The lowest BCUT2D eigenvalue weighted by atomic mass is 10.0. The van der Waals surface area contributed by atoms with Gasteiger partial charge in [-0.15, -0.1) is 0 Å². The van der Waals surface area contributed by atoms with Gasteiger partial charge in [0.1, 0.15) is 0 Å². The van der Waals surface area contributed by atoms with Gasteiger partial charge < -0.3 is 19.9 Å². The van der Waals surface area contributed by atoms with Crippen molar-refractivity contribution in [3.63, 3.8) is 0 Å². The van der Waals surface area contributed by atoms with Crippen LogP contribution in [0.2, 0.25) is 0 Å². The van der Waals surface area contributed by atoms with Crippen LogP contribution >= 0.6 is 15.9 Å². The van der Waals surface area contributed by atoms with Crippen molar-refractivity contribution in [1.82, 2.24) is 0 Å². The molecule has 0 aliphatic rings. The Labute approximate surface area is 133 Å². The number of halogens is 1. The minimum absolute atomic E-state index is 0.184. The maximum absolute atomic E-state index is 11.3. The Kier molecular flexibility index (Phi) is 7.53. The van der Waals surface area contributed by atoms with Gasteiger partial charge in [0.05, 0.1) is 20.8 Å². The molecule has 1 aromatic rings. The van der Waals surface area contributed by atoms with Crippen LogP contribution in [-0.4, -0.2) is 26.8 Å². The van der Waals surface area contributed by atoms with Crippen molar-refractivity contribution in [3.8, 4) is 11.5 Å². The first kappa shape index (κ1) is 17.8. The first-order valence-electron chi connectivity index (χ1n) is 6.86. The quantitative estimate of drug-likeness (QED) is 0.721. The van der Waals surface area contributed by atoms with Crippen molar-refractivity contribution in [2.45, 2.75) is 32.2 Å². The van der Waals surface area contributed by atoms with E-state index in [1.54, 1.807) is 21.1 Å². The molecule has 0 aromatic heterocycles. The highest BCUT2D eigenvalue weighted by Gasteiger charge is 2.15. The number of ether oxygens (including phenoxy) is 3. The summed E-state index contributed by atoms with van der Waals surface area (Å²) in [4.78, 5) is 11.3. The second-order valence-electron chi connectivity index (χ2n) is 4.53. The number of nitrogens with two attached hydrogens (primary N) is 1. The highest BCUT2D eigenvalue weighted by molar-refractivity contribution is 9.10. The predicted octanol–water partition coefficient (Wildman–Crippen LogP) is 3.20. The maximum Gasteiger partial charge on any atom is 0.305 e. The second kappa shape index (κ2) is 8.89. The summed E-state index contributed by atoms with van der Waals surface area (Å²) >= 11 is 3.49. The Bertz CT molecular complexity index is 479. The topological polar surface area (TPSA) is 70.8 Å². The molecule has 1 unspecified atom stereocenters. The molecule has 0 aliphatic carbocycles. The Morgan fingerprint density at radius 2 is 1.90 bits per heavy atom. The zero-order valence-electron chi connectivity index (χ0n) is 12.6. The Morgan fingerprint density at radius 1 is 1.29 bits per heavy atom. The standard InChI is InChI=1S/C15H22BrNO4/c1-4-21-15(18)7-5-6-12(17)10-8-13(19-2)14(20-3)9-11(10)16/h8-9,12H,4-7,17H2,1-3H3. The van der Waals surface area contributed by atoms with Gasteiger partial charge in [-0.2, -0.15) is 0 Å². The van der Waals surface area contributed by atoms with Gasteiger partial charge in [-0.25, -0.2) is 0 Å². The third kappa shape index (κ3) is 5.21. The van der Waals surface area contributed by atoms with Crippen molar-refractivity contribution in [2.24, 2.45) is 5.73 Å². The van der Waals surface area contributed by atoms with E-state index in [1.165, 1.54) is 0 Å². The summed E-state index contributed by atoms with van der Waals surface area (Å²) in [5, 5.41) is 0.